The summed E-state index contributed by atoms with van der Waals surface area (Å²) in [5.41, 5.74) is 0.952. The molecule has 1 heterocycles. The van der Waals surface area contributed by atoms with Crippen molar-refractivity contribution >= 4 is 5.91 Å². The zero-order valence-electron chi connectivity index (χ0n) is 12.0. The van der Waals surface area contributed by atoms with Crippen molar-refractivity contribution in [1.29, 1.82) is 0 Å². The van der Waals surface area contributed by atoms with Gasteiger partial charge in [-0.3, -0.25) is 4.79 Å². The quantitative estimate of drug-likeness (QED) is 0.892. The second-order valence-corrected chi connectivity index (χ2v) is 5.20. The lowest BCUT2D eigenvalue weighted by atomic mass is 10.1. The molecular weight excluding hydrogens is 259 g/mol. The van der Waals surface area contributed by atoms with E-state index in [0.29, 0.717) is 17.0 Å². The summed E-state index contributed by atoms with van der Waals surface area (Å²) in [5, 5.41) is 3.14. The molecule has 110 valence electrons. The summed E-state index contributed by atoms with van der Waals surface area (Å²) in [6, 6.07) is 4.47. The van der Waals surface area contributed by atoms with Gasteiger partial charge in [0.25, 0.3) is 5.91 Å². The number of carbonyl (C=O) groups excluding carboxylic acids is 1. The number of halogens is 1. The van der Waals surface area contributed by atoms with E-state index in [9.17, 15) is 9.18 Å². The molecule has 1 saturated heterocycles. The van der Waals surface area contributed by atoms with Crippen molar-refractivity contribution in [2.24, 2.45) is 5.92 Å². The van der Waals surface area contributed by atoms with E-state index in [0.717, 1.165) is 26.1 Å². The smallest absolute Gasteiger partial charge is 0.253 e. The Kier molecular flexibility index (Phi) is 5.09. The van der Waals surface area contributed by atoms with Gasteiger partial charge >= 0.3 is 0 Å². The number of methoxy groups -OCH3 is 1. The van der Waals surface area contributed by atoms with E-state index in [1.54, 1.807) is 12.1 Å². The number of nitrogens with zero attached hydrogens (tertiary/aromatic N) is 1. The van der Waals surface area contributed by atoms with Gasteiger partial charge in [0.1, 0.15) is 5.82 Å². The van der Waals surface area contributed by atoms with E-state index in [2.05, 4.69) is 5.32 Å². The van der Waals surface area contributed by atoms with Crippen molar-refractivity contribution in [3.8, 4) is 0 Å². The SMILES string of the molecule is CNC[C@H]1CCN(C(=O)c2ccc(F)c(COC)c2)C1. The second kappa shape index (κ2) is 6.81. The first-order valence-corrected chi connectivity index (χ1v) is 6.87. The number of carbonyl (C=O) groups is 1. The van der Waals surface area contributed by atoms with Crippen LogP contribution in [0.3, 0.4) is 0 Å². The van der Waals surface area contributed by atoms with Gasteiger partial charge in [-0.25, -0.2) is 4.39 Å². The zero-order valence-corrected chi connectivity index (χ0v) is 12.0. The van der Waals surface area contributed by atoms with E-state index in [-0.39, 0.29) is 18.3 Å². The van der Waals surface area contributed by atoms with Crippen LogP contribution in [0.5, 0.6) is 0 Å². The van der Waals surface area contributed by atoms with Gasteiger partial charge in [0.15, 0.2) is 0 Å². The standard InChI is InChI=1S/C15H21FN2O2/c1-17-8-11-5-6-18(9-11)15(19)12-3-4-14(16)13(7-12)10-20-2/h3-4,7,11,17H,5-6,8-10H2,1-2H3/t11-/m1/s1. The summed E-state index contributed by atoms with van der Waals surface area (Å²) in [7, 11) is 3.43. The zero-order chi connectivity index (χ0) is 14.5. The molecule has 20 heavy (non-hydrogen) atoms. The molecule has 0 saturated carbocycles. The van der Waals surface area contributed by atoms with E-state index < -0.39 is 0 Å². The Morgan fingerprint density at radius 1 is 1.55 bits per heavy atom. The van der Waals surface area contributed by atoms with Crippen LogP contribution in [0.15, 0.2) is 18.2 Å². The molecule has 0 spiro atoms. The number of nitrogens with one attached hydrogen (secondary N) is 1. The summed E-state index contributed by atoms with van der Waals surface area (Å²) in [5.74, 6) is 0.140. The predicted molar refractivity (Wildman–Crippen MR) is 75.1 cm³/mol. The Morgan fingerprint density at radius 3 is 3.05 bits per heavy atom. The summed E-state index contributed by atoms with van der Waals surface area (Å²) < 4.78 is 18.5. The predicted octanol–water partition coefficient (Wildman–Crippen LogP) is 1.65. The van der Waals surface area contributed by atoms with E-state index in [1.165, 1.54) is 13.2 Å². The number of likely N-dealkylation sites (tertiary alicyclic amines) is 1. The minimum Gasteiger partial charge on any atom is -0.380 e. The van der Waals surface area contributed by atoms with Gasteiger partial charge in [-0.2, -0.15) is 0 Å². The van der Waals surface area contributed by atoms with Crippen molar-refractivity contribution in [2.75, 3.05) is 33.8 Å². The van der Waals surface area contributed by atoms with Crippen molar-refractivity contribution in [3.05, 3.63) is 35.1 Å². The van der Waals surface area contributed by atoms with Crippen LogP contribution < -0.4 is 5.32 Å². The monoisotopic (exact) mass is 280 g/mol. The van der Waals surface area contributed by atoms with Crippen LogP contribution in [0.25, 0.3) is 0 Å². The lowest BCUT2D eigenvalue weighted by Crippen LogP contribution is -2.30. The number of rotatable bonds is 5. The summed E-state index contributed by atoms with van der Waals surface area (Å²) >= 11 is 0. The fraction of sp³-hybridized carbons (Fsp3) is 0.533. The van der Waals surface area contributed by atoms with Gasteiger partial charge in [-0.1, -0.05) is 0 Å². The third kappa shape index (κ3) is 3.35. The van der Waals surface area contributed by atoms with E-state index in [1.807, 2.05) is 11.9 Å². The van der Waals surface area contributed by atoms with Crippen LogP contribution in [0, 0.1) is 11.7 Å². The lowest BCUT2D eigenvalue weighted by molar-refractivity contribution is 0.0786. The molecule has 2 rings (SSSR count). The Hall–Kier alpha value is -1.46. The molecule has 0 bridgehead atoms. The highest BCUT2D eigenvalue weighted by Gasteiger charge is 2.26. The van der Waals surface area contributed by atoms with Crippen LogP contribution in [0.4, 0.5) is 4.39 Å². The molecule has 1 aliphatic rings. The highest BCUT2D eigenvalue weighted by Crippen LogP contribution is 2.19. The Bertz CT molecular complexity index is 479. The number of ether oxygens (including phenoxy) is 1. The molecule has 1 aliphatic heterocycles. The van der Waals surface area contributed by atoms with Crippen LogP contribution >= 0.6 is 0 Å². The van der Waals surface area contributed by atoms with Gasteiger partial charge in [-0.15, -0.1) is 0 Å². The third-order valence-electron chi connectivity index (χ3n) is 3.66. The molecule has 0 aliphatic carbocycles. The molecule has 1 aromatic carbocycles. The maximum Gasteiger partial charge on any atom is 0.253 e. The lowest BCUT2D eigenvalue weighted by Gasteiger charge is -2.17. The minimum absolute atomic E-state index is 0.0269. The molecule has 1 N–H and O–H groups in total. The Labute approximate surface area is 118 Å². The van der Waals surface area contributed by atoms with E-state index >= 15 is 0 Å². The summed E-state index contributed by atoms with van der Waals surface area (Å²) in [6.07, 6.45) is 1.01. The number of hydrogen-bond donors (Lipinski definition) is 1. The van der Waals surface area contributed by atoms with Crippen LogP contribution in [-0.2, 0) is 11.3 Å². The molecule has 1 amide bonds. The van der Waals surface area contributed by atoms with Gasteiger partial charge in [0.05, 0.1) is 6.61 Å². The van der Waals surface area contributed by atoms with Gasteiger partial charge in [0, 0.05) is 31.3 Å². The van der Waals surface area contributed by atoms with Crippen LogP contribution in [0.2, 0.25) is 0 Å². The topological polar surface area (TPSA) is 41.6 Å². The fourth-order valence-corrected chi connectivity index (χ4v) is 2.63. The van der Waals surface area contributed by atoms with Gasteiger partial charge < -0.3 is 15.0 Å². The largest absolute Gasteiger partial charge is 0.380 e. The maximum atomic E-state index is 13.5. The molecule has 1 aromatic rings. The van der Waals surface area contributed by atoms with Crippen molar-refractivity contribution in [1.82, 2.24) is 10.2 Å². The van der Waals surface area contributed by atoms with Crippen molar-refractivity contribution in [3.63, 3.8) is 0 Å². The average molecular weight is 280 g/mol. The molecule has 0 aromatic heterocycles. The first kappa shape index (κ1) is 14.9. The van der Waals surface area contributed by atoms with Crippen LogP contribution in [0.1, 0.15) is 22.3 Å². The molecule has 0 radical (unpaired) electrons. The fourth-order valence-electron chi connectivity index (χ4n) is 2.63. The normalized spacial score (nSPS) is 18.6. The van der Waals surface area contributed by atoms with Gasteiger partial charge in [0.2, 0.25) is 0 Å². The third-order valence-corrected chi connectivity index (χ3v) is 3.66. The number of benzene rings is 1. The molecule has 1 fully saturated rings. The summed E-state index contributed by atoms with van der Waals surface area (Å²) in [4.78, 5) is 14.2. The Balaban J connectivity index is 2.08. The molecule has 4 nitrogen and oxygen atoms in total. The second-order valence-electron chi connectivity index (χ2n) is 5.20. The number of amides is 1. The minimum atomic E-state index is -0.335. The molecular formula is C15H21FN2O2. The summed E-state index contributed by atoms with van der Waals surface area (Å²) in [6.45, 7) is 2.62. The number of hydrogen-bond acceptors (Lipinski definition) is 3. The van der Waals surface area contributed by atoms with Crippen molar-refractivity contribution in [2.45, 2.75) is 13.0 Å². The van der Waals surface area contributed by atoms with E-state index in [4.69, 9.17) is 4.74 Å². The molecule has 5 heteroatoms. The Morgan fingerprint density at radius 2 is 2.35 bits per heavy atom. The van der Waals surface area contributed by atoms with Gasteiger partial charge in [-0.05, 0) is 44.1 Å². The molecule has 1 atom stereocenters. The van der Waals surface area contributed by atoms with Crippen LogP contribution in [-0.4, -0.2) is 44.6 Å². The first-order chi connectivity index (χ1) is 9.65. The van der Waals surface area contributed by atoms with Crippen molar-refractivity contribution < 1.29 is 13.9 Å². The average Bonchev–Trinajstić information content (AvgIpc) is 2.90. The molecule has 0 unspecified atom stereocenters. The highest BCUT2D eigenvalue weighted by atomic mass is 19.1. The first-order valence-electron chi connectivity index (χ1n) is 6.87. The highest BCUT2D eigenvalue weighted by molar-refractivity contribution is 5.94. The maximum absolute atomic E-state index is 13.5.